The first-order chi connectivity index (χ1) is 9.79. The Balaban J connectivity index is 1.81. The molecule has 0 spiro atoms. The third kappa shape index (κ3) is 4.17. The minimum atomic E-state index is 0.0277. The van der Waals surface area contributed by atoms with Crippen molar-refractivity contribution in [2.45, 2.75) is 19.4 Å². The number of hydrogen-bond donors (Lipinski definition) is 2. The summed E-state index contributed by atoms with van der Waals surface area (Å²) in [4.78, 5) is 15.9. The van der Waals surface area contributed by atoms with Crippen molar-refractivity contribution in [1.29, 1.82) is 0 Å². The number of nitrogens with zero attached hydrogens (tertiary/aromatic N) is 1. The molecule has 1 aromatic heterocycles. The lowest BCUT2D eigenvalue weighted by atomic mass is 10.0. The molecular weight excluding hydrogens is 250 g/mol. The second-order valence-electron chi connectivity index (χ2n) is 4.61. The smallest absolute Gasteiger partial charge is 0.224 e. The van der Waals surface area contributed by atoms with Crippen molar-refractivity contribution < 1.29 is 4.79 Å². The quantitative estimate of drug-likeness (QED) is 0.834. The number of nitrogens with one attached hydrogen (secondary N) is 1. The average Bonchev–Trinajstić information content (AvgIpc) is 2.49. The van der Waals surface area contributed by atoms with Gasteiger partial charge < -0.3 is 11.1 Å². The second kappa shape index (κ2) is 7.40. The molecule has 0 fully saturated rings. The van der Waals surface area contributed by atoms with E-state index >= 15 is 0 Å². The van der Waals surface area contributed by atoms with Crippen molar-refractivity contribution in [1.82, 2.24) is 10.3 Å². The van der Waals surface area contributed by atoms with Crippen molar-refractivity contribution >= 4 is 5.91 Å². The zero-order valence-corrected chi connectivity index (χ0v) is 11.4. The maximum Gasteiger partial charge on any atom is 0.224 e. The SMILES string of the molecule is NCc1ccccc1CC(=O)NCCc1ccncc1. The molecule has 1 amide bonds. The molecule has 3 N–H and O–H groups in total. The number of hydrogen-bond acceptors (Lipinski definition) is 3. The average molecular weight is 269 g/mol. The van der Waals surface area contributed by atoms with Gasteiger partial charge in [-0.15, -0.1) is 0 Å². The molecule has 1 heterocycles. The minimum Gasteiger partial charge on any atom is -0.355 e. The van der Waals surface area contributed by atoms with Crippen LogP contribution in [0.4, 0.5) is 0 Å². The van der Waals surface area contributed by atoms with Crippen molar-refractivity contribution in [3.05, 3.63) is 65.5 Å². The summed E-state index contributed by atoms with van der Waals surface area (Å²) in [6.45, 7) is 1.09. The zero-order valence-electron chi connectivity index (χ0n) is 11.4. The Morgan fingerprint density at radius 3 is 2.50 bits per heavy atom. The van der Waals surface area contributed by atoms with Crippen LogP contribution in [0.1, 0.15) is 16.7 Å². The molecule has 1 aromatic carbocycles. The Kier molecular flexibility index (Phi) is 5.26. The molecule has 0 saturated carbocycles. The second-order valence-corrected chi connectivity index (χ2v) is 4.61. The molecule has 0 unspecified atom stereocenters. The van der Waals surface area contributed by atoms with Gasteiger partial charge in [0.05, 0.1) is 6.42 Å². The van der Waals surface area contributed by atoms with Crippen molar-refractivity contribution in [2.75, 3.05) is 6.54 Å². The van der Waals surface area contributed by atoms with E-state index in [-0.39, 0.29) is 5.91 Å². The van der Waals surface area contributed by atoms with Gasteiger partial charge in [-0.3, -0.25) is 9.78 Å². The molecular formula is C16H19N3O. The third-order valence-corrected chi connectivity index (χ3v) is 3.17. The van der Waals surface area contributed by atoms with Crippen LogP contribution in [0.25, 0.3) is 0 Å². The number of rotatable bonds is 6. The maximum absolute atomic E-state index is 11.9. The van der Waals surface area contributed by atoms with Gasteiger partial charge in [0.25, 0.3) is 0 Å². The van der Waals surface area contributed by atoms with E-state index in [2.05, 4.69) is 10.3 Å². The van der Waals surface area contributed by atoms with Crippen LogP contribution in [-0.4, -0.2) is 17.4 Å². The van der Waals surface area contributed by atoms with E-state index in [4.69, 9.17) is 5.73 Å². The molecule has 0 aliphatic rings. The first-order valence-corrected chi connectivity index (χ1v) is 6.72. The molecule has 0 aliphatic heterocycles. The van der Waals surface area contributed by atoms with Crippen LogP contribution < -0.4 is 11.1 Å². The van der Waals surface area contributed by atoms with E-state index in [1.807, 2.05) is 36.4 Å². The lowest BCUT2D eigenvalue weighted by Gasteiger charge is -2.08. The summed E-state index contributed by atoms with van der Waals surface area (Å²) < 4.78 is 0. The van der Waals surface area contributed by atoms with Crippen molar-refractivity contribution in [3.8, 4) is 0 Å². The fraction of sp³-hybridized carbons (Fsp3) is 0.250. The van der Waals surface area contributed by atoms with E-state index in [9.17, 15) is 4.79 Å². The third-order valence-electron chi connectivity index (χ3n) is 3.17. The van der Waals surface area contributed by atoms with Gasteiger partial charge in [0.15, 0.2) is 0 Å². The molecule has 4 heteroatoms. The first kappa shape index (κ1) is 14.2. The zero-order chi connectivity index (χ0) is 14.2. The van der Waals surface area contributed by atoms with E-state index in [1.54, 1.807) is 12.4 Å². The Morgan fingerprint density at radius 1 is 1.10 bits per heavy atom. The van der Waals surface area contributed by atoms with Crippen LogP contribution >= 0.6 is 0 Å². The van der Waals surface area contributed by atoms with Gasteiger partial charge >= 0.3 is 0 Å². The lowest BCUT2D eigenvalue weighted by molar-refractivity contribution is -0.120. The minimum absolute atomic E-state index is 0.0277. The maximum atomic E-state index is 11.9. The number of amides is 1. The Hall–Kier alpha value is -2.20. The Bertz CT molecular complexity index is 555. The summed E-state index contributed by atoms with van der Waals surface area (Å²) in [6, 6.07) is 11.7. The topological polar surface area (TPSA) is 68.0 Å². The molecule has 20 heavy (non-hydrogen) atoms. The van der Waals surface area contributed by atoms with Gasteiger partial charge in [0.2, 0.25) is 5.91 Å². The number of carbonyl (C=O) groups excluding carboxylic acids is 1. The standard InChI is InChI=1S/C16H19N3O/c17-12-15-4-2-1-3-14(15)11-16(20)19-10-7-13-5-8-18-9-6-13/h1-6,8-9H,7,10-12,17H2,(H,19,20). The summed E-state index contributed by atoms with van der Waals surface area (Å²) in [5.41, 5.74) is 8.86. The molecule has 4 nitrogen and oxygen atoms in total. The van der Waals surface area contributed by atoms with Gasteiger partial charge in [-0.1, -0.05) is 24.3 Å². The van der Waals surface area contributed by atoms with Crippen LogP contribution in [0, 0.1) is 0 Å². The summed E-state index contributed by atoms with van der Waals surface area (Å²) >= 11 is 0. The molecule has 0 radical (unpaired) electrons. The highest BCUT2D eigenvalue weighted by Gasteiger charge is 2.06. The van der Waals surface area contributed by atoms with E-state index < -0.39 is 0 Å². The van der Waals surface area contributed by atoms with E-state index in [0.717, 1.165) is 17.5 Å². The predicted octanol–water partition coefficient (Wildman–Crippen LogP) is 1.44. The summed E-state index contributed by atoms with van der Waals surface area (Å²) in [5, 5.41) is 2.93. The molecule has 0 saturated heterocycles. The van der Waals surface area contributed by atoms with Gasteiger partial charge in [-0.25, -0.2) is 0 Å². The first-order valence-electron chi connectivity index (χ1n) is 6.72. The molecule has 104 valence electrons. The van der Waals surface area contributed by atoms with E-state index in [0.29, 0.717) is 19.5 Å². The number of benzene rings is 1. The fourth-order valence-electron chi connectivity index (χ4n) is 2.06. The highest BCUT2D eigenvalue weighted by molar-refractivity contribution is 5.78. The normalized spacial score (nSPS) is 10.2. The van der Waals surface area contributed by atoms with Crippen LogP contribution in [0.15, 0.2) is 48.8 Å². The summed E-state index contributed by atoms with van der Waals surface area (Å²) in [6.07, 6.45) is 4.71. The molecule has 2 aromatic rings. The van der Waals surface area contributed by atoms with Gasteiger partial charge in [-0.05, 0) is 35.2 Å². The number of pyridine rings is 1. The van der Waals surface area contributed by atoms with Crippen molar-refractivity contribution in [2.24, 2.45) is 5.73 Å². The summed E-state index contributed by atoms with van der Waals surface area (Å²) in [5.74, 6) is 0.0277. The fourth-order valence-corrected chi connectivity index (χ4v) is 2.06. The molecule has 0 aliphatic carbocycles. The van der Waals surface area contributed by atoms with Crippen molar-refractivity contribution in [3.63, 3.8) is 0 Å². The molecule has 0 bridgehead atoms. The lowest BCUT2D eigenvalue weighted by Crippen LogP contribution is -2.27. The van der Waals surface area contributed by atoms with Gasteiger partial charge in [0.1, 0.15) is 0 Å². The van der Waals surface area contributed by atoms with Crippen LogP contribution in [-0.2, 0) is 24.2 Å². The number of carbonyl (C=O) groups is 1. The van der Waals surface area contributed by atoms with Crippen LogP contribution in [0.5, 0.6) is 0 Å². The number of aromatic nitrogens is 1. The largest absolute Gasteiger partial charge is 0.355 e. The van der Waals surface area contributed by atoms with E-state index in [1.165, 1.54) is 5.56 Å². The van der Waals surface area contributed by atoms with Crippen LogP contribution in [0.3, 0.4) is 0 Å². The highest BCUT2D eigenvalue weighted by Crippen LogP contribution is 2.08. The molecule has 0 atom stereocenters. The Morgan fingerprint density at radius 2 is 1.80 bits per heavy atom. The monoisotopic (exact) mass is 269 g/mol. The highest BCUT2D eigenvalue weighted by atomic mass is 16.1. The Labute approximate surface area is 119 Å². The predicted molar refractivity (Wildman–Crippen MR) is 79.0 cm³/mol. The number of nitrogens with two attached hydrogens (primary N) is 1. The van der Waals surface area contributed by atoms with Crippen LogP contribution in [0.2, 0.25) is 0 Å². The summed E-state index contributed by atoms with van der Waals surface area (Å²) in [7, 11) is 0. The van der Waals surface area contributed by atoms with Gasteiger partial charge in [-0.2, -0.15) is 0 Å². The van der Waals surface area contributed by atoms with Gasteiger partial charge in [0, 0.05) is 25.5 Å². The molecule has 2 rings (SSSR count).